The van der Waals surface area contributed by atoms with Crippen molar-refractivity contribution in [2.45, 2.75) is 110 Å². The van der Waals surface area contributed by atoms with Crippen molar-refractivity contribution in [3.8, 4) is 0 Å². The van der Waals surface area contributed by atoms with E-state index in [1.807, 2.05) is 0 Å². The summed E-state index contributed by atoms with van der Waals surface area (Å²) in [5.74, 6) is 6.55. The Morgan fingerprint density at radius 3 is 1.39 bits per heavy atom. The first-order valence-electron chi connectivity index (χ1n) is 11.3. The van der Waals surface area contributed by atoms with Gasteiger partial charge in [-0.2, -0.15) is 0 Å². The van der Waals surface area contributed by atoms with Gasteiger partial charge in [0.1, 0.15) is 0 Å². The van der Waals surface area contributed by atoms with E-state index in [9.17, 15) is 0 Å². The molecule has 3 rings (SSSR count). The van der Waals surface area contributed by atoms with Crippen LogP contribution in [0.1, 0.15) is 110 Å². The minimum atomic E-state index is 1.02. The van der Waals surface area contributed by atoms with E-state index in [-0.39, 0.29) is 0 Å². The first kappa shape index (κ1) is 17.8. The van der Waals surface area contributed by atoms with Crippen molar-refractivity contribution < 1.29 is 0 Å². The molecule has 0 radical (unpaired) electrons. The zero-order valence-electron chi connectivity index (χ0n) is 16.1. The molecule has 134 valence electrons. The summed E-state index contributed by atoms with van der Waals surface area (Å²) in [5.41, 5.74) is 0. The second-order valence-corrected chi connectivity index (χ2v) is 9.62. The van der Waals surface area contributed by atoms with E-state index >= 15 is 0 Å². The molecule has 0 heteroatoms. The Morgan fingerprint density at radius 1 is 0.565 bits per heavy atom. The molecule has 0 unspecified atom stereocenters. The molecule has 0 aromatic carbocycles. The van der Waals surface area contributed by atoms with Gasteiger partial charge in [0.25, 0.3) is 0 Å². The van der Waals surface area contributed by atoms with Crippen LogP contribution >= 0.6 is 0 Å². The highest BCUT2D eigenvalue weighted by Gasteiger charge is 2.34. The molecule has 0 nitrogen and oxygen atoms in total. The molecular formula is C23H42. The van der Waals surface area contributed by atoms with Crippen LogP contribution < -0.4 is 0 Å². The summed E-state index contributed by atoms with van der Waals surface area (Å²) >= 11 is 0. The molecule has 0 spiro atoms. The molecule has 0 N–H and O–H groups in total. The van der Waals surface area contributed by atoms with Gasteiger partial charge in [0, 0.05) is 0 Å². The van der Waals surface area contributed by atoms with Gasteiger partial charge in [0.05, 0.1) is 0 Å². The van der Waals surface area contributed by atoms with Gasteiger partial charge in [-0.3, -0.25) is 0 Å². The van der Waals surface area contributed by atoms with Crippen LogP contribution in [-0.4, -0.2) is 0 Å². The fourth-order valence-electron chi connectivity index (χ4n) is 6.29. The number of unbranched alkanes of at least 4 members (excludes halogenated alkanes) is 1. The van der Waals surface area contributed by atoms with E-state index in [2.05, 4.69) is 13.8 Å². The van der Waals surface area contributed by atoms with Crippen LogP contribution in [0, 0.1) is 35.5 Å². The molecule has 0 aromatic rings. The van der Waals surface area contributed by atoms with Crippen LogP contribution in [0.4, 0.5) is 0 Å². The number of hydrogen-bond acceptors (Lipinski definition) is 0. The van der Waals surface area contributed by atoms with Gasteiger partial charge in [0.15, 0.2) is 0 Å². The Balaban J connectivity index is 1.36. The zero-order valence-corrected chi connectivity index (χ0v) is 16.1. The lowest BCUT2D eigenvalue weighted by Crippen LogP contribution is -2.29. The lowest BCUT2D eigenvalue weighted by molar-refractivity contribution is 0.105. The first-order valence-corrected chi connectivity index (χ1v) is 11.3. The second-order valence-electron chi connectivity index (χ2n) is 9.62. The molecule has 3 saturated carbocycles. The Bertz CT molecular complexity index is 309. The summed E-state index contributed by atoms with van der Waals surface area (Å²) in [4.78, 5) is 0. The molecular weight excluding hydrogens is 276 g/mol. The van der Waals surface area contributed by atoms with E-state index in [1.165, 1.54) is 32.1 Å². The molecule has 3 aliphatic rings. The van der Waals surface area contributed by atoms with Gasteiger partial charge in [-0.05, 0) is 86.9 Å². The highest BCUT2D eigenvalue weighted by molar-refractivity contribution is 4.85. The van der Waals surface area contributed by atoms with Crippen LogP contribution in [0.25, 0.3) is 0 Å². The fraction of sp³-hybridized carbons (Fsp3) is 1.00. The third-order valence-electron chi connectivity index (χ3n) is 8.07. The van der Waals surface area contributed by atoms with E-state index in [0.29, 0.717) is 0 Å². The predicted octanol–water partition coefficient (Wildman–Crippen LogP) is 7.62. The molecule has 0 saturated heterocycles. The maximum atomic E-state index is 2.46. The van der Waals surface area contributed by atoms with Crippen LogP contribution in [0.3, 0.4) is 0 Å². The molecule has 0 heterocycles. The maximum absolute atomic E-state index is 2.46. The average Bonchev–Trinajstić information content (AvgIpc) is 2.61. The van der Waals surface area contributed by atoms with Crippen molar-refractivity contribution in [1.82, 2.24) is 0 Å². The van der Waals surface area contributed by atoms with Crippen LogP contribution in [0.5, 0.6) is 0 Å². The van der Waals surface area contributed by atoms with Crippen molar-refractivity contribution in [2.24, 2.45) is 35.5 Å². The third-order valence-corrected chi connectivity index (χ3v) is 8.07. The largest absolute Gasteiger partial charge is 0.0654 e. The maximum Gasteiger partial charge on any atom is -0.0386 e. The van der Waals surface area contributed by atoms with Gasteiger partial charge in [-0.15, -0.1) is 0 Å². The molecule has 3 fully saturated rings. The van der Waals surface area contributed by atoms with Gasteiger partial charge < -0.3 is 0 Å². The van der Waals surface area contributed by atoms with Crippen molar-refractivity contribution in [2.75, 3.05) is 0 Å². The van der Waals surface area contributed by atoms with Gasteiger partial charge >= 0.3 is 0 Å². The smallest absolute Gasteiger partial charge is 0.0386 e. The van der Waals surface area contributed by atoms with Gasteiger partial charge in [-0.1, -0.05) is 58.8 Å². The quantitative estimate of drug-likeness (QED) is 0.489. The molecule has 0 amide bonds. The lowest BCUT2D eigenvalue weighted by atomic mass is 9.65. The van der Waals surface area contributed by atoms with E-state index in [1.54, 1.807) is 64.2 Å². The Kier molecular flexibility index (Phi) is 6.90. The van der Waals surface area contributed by atoms with Crippen LogP contribution in [-0.2, 0) is 0 Å². The Hall–Kier alpha value is 0. The zero-order chi connectivity index (χ0) is 16.1. The highest BCUT2D eigenvalue weighted by atomic mass is 14.4. The van der Waals surface area contributed by atoms with E-state index < -0.39 is 0 Å². The SMILES string of the molecule is CCCCC1CCC(C2CCC(C3CCC(C)CC3)CC2)CC1. The molecule has 3 aliphatic carbocycles. The second kappa shape index (κ2) is 8.91. The molecule has 0 bridgehead atoms. The summed E-state index contributed by atoms with van der Waals surface area (Å²) in [6, 6.07) is 0. The first-order chi connectivity index (χ1) is 11.3. The summed E-state index contributed by atoms with van der Waals surface area (Å²) in [5, 5.41) is 0. The average molecular weight is 319 g/mol. The monoisotopic (exact) mass is 318 g/mol. The minimum Gasteiger partial charge on any atom is -0.0654 e. The standard InChI is InChI=1S/C23H42/c1-3-4-5-19-8-12-21(13-9-19)23-16-14-22(15-17-23)20-10-6-18(2)7-11-20/h18-23H,3-17H2,1-2H3. The number of hydrogen-bond donors (Lipinski definition) is 0. The normalized spacial score (nSPS) is 42.5. The topological polar surface area (TPSA) is 0 Å². The van der Waals surface area contributed by atoms with Crippen molar-refractivity contribution in [3.05, 3.63) is 0 Å². The van der Waals surface area contributed by atoms with Crippen LogP contribution in [0.15, 0.2) is 0 Å². The fourth-order valence-corrected chi connectivity index (χ4v) is 6.29. The van der Waals surface area contributed by atoms with Gasteiger partial charge in [-0.25, -0.2) is 0 Å². The molecule has 0 aromatic heterocycles. The van der Waals surface area contributed by atoms with E-state index in [0.717, 1.165) is 35.5 Å². The molecule has 23 heavy (non-hydrogen) atoms. The minimum absolute atomic E-state index is 1.02. The highest BCUT2D eigenvalue weighted by Crippen LogP contribution is 2.46. The predicted molar refractivity (Wildman–Crippen MR) is 102 cm³/mol. The van der Waals surface area contributed by atoms with Crippen molar-refractivity contribution in [3.63, 3.8) is 0 Å². The summed E-state index contributed by atoms with van der Waals surface area (Å²) in [6.45, 7) is 4.81. The Labute approximate surface area is 146 Å². The summed E-state index contributed by atoms with van der Waals surface area (Å²) < 4.78 is 0. The number of rotatable bonds is 5. The molecule has 0 aliphatic heterocycles. The van der Waals surface area contributed by atoms with Gasteiger partial charge in [0.2, 0.25) is 0 Å². The van der Waals surface area contributed by atoms with E-state index in [4.69, 9.17) is 0 Å². The summed E-state index contributed by atoms with van der Waals surface area (Å²) in [6.07, 6.45) is 23.1. The van der Waals surface area contributed by atoms with Crippen LogP contribution in [0.2, 0.25) is 0 Å². The Morgan fingerprint density at radius 2 is 0.957 bits per heavy atom. The lowest BCUT2D eigenvalue weighted by Gasteiger charge is -2.41. The van der Waals surface area contributed by atoms with Crippen molar-refractivity contribution >= 4 is 0 Å². The third kappa shape index (κ3) is 4.99. The van der Waals surface area contributed by atoms with Crippen molar-refractivity contribution in [1.29, 1.82) is 0 Å². The summed E-state index contributed by atoms with van der Waals surface area (Å²) in [7, 11) is 0. The molecule has 0 atom stereocenters.